The molecule has 0 bridgehead atoms. The van der Waals surface area contributed by atoms with Crippen LogP contribution < -0.4 is 0 Å². The van der Waals surface area contributed by atoms with Crippen LogP contribution in [0.4, 0.5) is 13.6 Å². The Morgan fingerprint density at radius 2 is 1.73 bits per heavy atom. The highest BCUT2D eigenvalue weighted by Gasteiger charge is 2.27. The van der Waals surface area contributed by atoms with E-state index in [0.717, 1.165) is 18.9 Å². The second-order valence-corrected chi connectivity index (χ2v) is 10.1. The highest BCUT2D eigenvalue weighted by Crippen LogP contribution is 2.26. The summed E-state index contributed by atoms with van der Waals surface area (Å²) in [5.41, 5.74) is 0.403. The van der Waals surface area contributed by atoms with Gasteiger partial charge in [-0.05, 0) is 69.4 Å². The van der Waals surface area contributed by atoms with Gasteiger partial charge < -0.3 is 9.64 Å². The molecule has 0 aliphatic carbocycles. The lowest BCUT2D eigenvalue weighted by Crippen LogP contribution is -2.42. The number of likely N-dealkylation sites (tertiary alicyclic amines) is 1. The van der Waals surface area contributed by atoms with Gasteiger partial charge in [0, 0.05) is 35.4 Å². The number of amides is 1. The van der Waals surface area contributed by atoms with Crippen LogP contribution >= 0.6 is 0 Å². The number of carbonyl (C=O) groups excluding carboxylic acids is 1. The van der Waals surface area contributed by atoms with E-state index < -0.39 is 28.0 Å². The first-order valence-electron chi connectivity index (χ1n) is 10.0. The molecule has 7 heteroatoms. The Kier molecular flexibility index (Phi) is 6.91. The molecular weight excluding hydrogens is 408 g/mol. The summed E-state index contributed by atoms with van der Waals surface area (Å²) in [6.07, 6.45) is 1.26. The first-order valence-corrected chi connectivity index (χ1v) is 11.4. The zero-order valence-electron chi connectivity index (χ0n) is 17.5. The molecule has 1 heterocycles. The normalized spacial score (nSPS) is 16.4. The van der Waals surface area contributed by atoms with Crippen LogP contribution in [-0.4, -0.2) is 39.6 Å². The molecular formula is C23H27F2NO3S. The maximum Gasteiger partial charge on any atom is 0.410 e. The molecule has 162 valence electrons. The van der Waals surface area contributed by atoms with Crippen molar-refractivity contribution in [3.63, 3.8) is 0 Å². The van der Waals surface area contributed by atoms with Crippen LogP contribution in [0, 0.1) is 17.6 Å². The quantitative estimate of drug-likeness (QED) is 0.647. The minimum Gasteiger partial charge on any atom is -0.444 e. The van der Waals surface area contributed by atoms with E-state index in [0.29, 0.717) is 34.9 Å². The second kappa shape index (κ2) is 9.25. The van der Waals surface area contributed by atoms with Crippen molar-refractivity contribution in [2.45, 2.75) is 44.1 Å². The van der Waals surface area contributed by atoms with Gasteiger partial charge in [-0.25, -0.2) is 13.6 Å². The molecule has 0 radical (unpaired) electrons. The van der Waals surface area contributed by atoms with Crippen LogP contribution in [0.5, 0.6) is 0 Å². The fraction of sp³-hybridized carbons (Fsp3) is 0.435. The van der Waals surface area contributed by atoms with E-state index in [-0.39, 0.29) is 12.0 Å². The van der Waals surface area contributed by atoms with Crippen LogP contribution in [0.1, 0.15) is 33.6 Å². The van der Waals surface area contributed by atoms with Gasteiger partial charge in [0.25, 0.3) is 0 Å². The molecule has 0 saturated carbocycles. The molecule has 2 aromatic carbocycles. The molecule has 1 atom stereocenters. The third-order valence-corrected chi connectivity index (χ3v) is 6.58. The summed E-state index contributed by atoms with van der Waals surface area (Å²) in [5.74, 6) is -0.460. The summed E-state index contributed by atoms with van der Waals surface area (Å²) < 4.78 is 45.2. The van der Waals surface area contributed by atoms with Crippen LogP contribution in [0.15, 0.2) is 47.4 Å². The van der Waals surface area contributed by atoms with Gasteiger partial charge in [0.2, 0.25) is 0 Å². The predicted octanol–water partition coefficient (Wildman–Crippen LogP) is 5.39. The molecule has 30 heavy (non-hydrogen) atoms. The number of hydrogen-bond acceptors (Lipinski definition) is 3. The zero-order valence-corrected chi connectivity index (χ0v) is 18.3. The van der Waals surface area contributed by atoms with E-state index in [4.69, 9.17) is 4.74 Å². The minimum absolute atomic E-state index is 0.263. The fourth-order valence-corrected chi connectivity index (χ4v) is 4.82. The molecule has 4 nitrogen and oxygen atoms in total. The van der Waals surface area contributed by atoms with E-state index in [1.54, 1.807) is 29.2 Å². The van der Waals surface area contributed by atoms with E-state index in [2.05, 4.69) is 0 Å². The van der Waals surface area contributed by atoms with Crippen molar-refractivity contribution in [2.75, 3.05) is 18.8 Å². The lowest BCUT2D eigenvalue weighted by atomic mass is 9.99. The monoisotopic (exact) mass is 435 g/mol. The molecule has 0 N–H and O–H groups in total. The standard InChI is InChI=1S/C23H27F2NO3S/c1-23(2,3)29-22(27)26-12-10-16(11-13-26)15-30(28)19-7-4-17(5-8-19)20-9-6-18(24)14-21(20)25/h4-9,14,16H,10-13,15H2,1-3H3. The largest absolute Gasteiger partial charge is 0.444 e. The molecule has 2 aromatic rings. The van der Waals surface area contributed by atoms with Crippen molar-refractivity contribution in [1.29, 1.82) is 0 Å². The summed E-state index contributed by atoms with van der Waals surface area (Å²) in [6.45, 7) is 6.72. The molecule has 1 amide bonds. The van der Waals surface area contributed by atoms with Crippen LogP contribution in [0.2, 0.25) is 0 Å². The van der Waals surface area contributed by atoms with E-state index in [1.807, 2.05) is 20.8 Å². The Bertz CT molecular complexity index is 917. The predicted molar refractivity (Wildman–Crippen MR) is 114 cm³/mol. The molecule has 0 aromatic heterocycles. The number of ether oxygens (including phenoxy) is 1. The third kappa shape index (κ3) is 5.88. The number of nitrogens with zero attached hydrogens (tertiary/aromatic N) is 1. The number of carbonyl (C=O) groups is 1. The lowest BCUT2D eigenvalue weighted by Gasteiger charge is -2.33. The average molecular weight is 436 g/mol. The molecule has 1 saturated heterocycles. The van der Waals surface area contributed by atoms with Crippen molar-refractivity contribution in [1.82, 2.24) is 4.90 Å². The van der Waals surface area contributed by atoms with Crippen LogP contribution in [0.3, 0.4) is 0 Å². The third-order valence-electron chi connectivity index (χ3n) is 5.01. The van der Waals surface area contributed by atoms with Gasteiger partial charge >= 0.3 is 6.09 Å². The topological polar surface area (TPSA) is 46.6 Å². The highest BCUT2D eigenvalue weighted by molar-refractivity contribution is 7.85. The van der Waals surface area contributed by atoms with Gasteiger partial charge in [-0.1, -0.05) is 12.1 Å². The SMILES string of the molecule is CC(C)(C)OC(=O)N1CCC(CS(=O)c2ccc(-c3ccc(F)cc3F)cc2)CC1. The molecule has 1 fully saturated rings. The van der Waals surface area contributed by atoms with Gasteiger partial charge in [-0.2, -0.15) is 0 Å². The van der Waals surface area contributed by atoms with Gasteiger partial charge in [-0.15, -0.1) is 0 Å². The number of benzene rings is 2. The maximum absolute atomic E-state index is 13.9. The van der Waals surface area contributed by atoms with Crippen molar-refractivity contribution in [2.24, 2.45) is 5.92 Å². The fourth-order valence-electron chi connectivity index (χ4n) is 3.43. The Balaban J connectivity index is 1.55. The average Bonchev–Trinajstić information content (AvgIpc) is 2.67. The summed E-state index contributed by atoms with van der Waals surface area (Å²) in [4.78, 5) is 14.5. The van der Waals surface area contributed by atoms with E-state index >= 15 is 0 Å². The molecule has 0 spiro atoms. The summed E-state index contributed by atoms with van der Waals surface area (Å²) >= 11 is 0. The number of piperidine rings is 1. The number of halogens is 2. The summed E-state index contributed by atoms with van der Waals surface area (Å²) in [7, 11) is -1.18. The Morgan fingerprint density at radius 1 is 1.10 bits per heavy atom. The van der Waals surface area contributed by atoms with Crippen LogP contribution in [-0.2, 0) is 15.5 Å². The van der Waals surface area contributed by atoms with Gasteiger partial charge in [0.15, 0.2) is 0 Å². The first-order chi connectivity index (χ1) is 14.1. The van der Waals surface area contributed by atoms with Crippen molar-refractivity contribution >= 4 is 16.9 Å². The zero-order chi connectivity index (χ0) is 21.9. The number of hydrogen-bond donors (Lipinski definition) is 0. The molecule has 1 aliphatic rings. The van der Waals surface area contributed by atoms with Gasteiger partial charge in [-0.3, -0.25) is 4.21 Å². The summed E-state index contributed by atoms with van der Waals surface area (Å²) in [6, 6.07) is 10.3. The molecule has 1 unspecified atom stereocenters. The second-order valence-electron chi connectivity index (χ2n) is 8.57. The summed E-state index contributed by atoms with van der Waals surface area (Å²) in [5, 5.41) is 0. The lowest BCUT2D eigenvalue weighted by molar-refractivity contribution is 0.0191. The minimum atomic E-state index is -1.18. The Labute approximate surface area is 178 Å². The van der Waals surface area contributed by atoms with Crippen molar-refractivity contribution < 1.29 is 22.5 Å². The Hall–Kier alpha value is -2.28. The molecule has 1 aliphatic heterocycles. The van der Waals surface area contributed by atoms with Gasteiger partial charge in [0.05, 0.1) is 10.8 Å². The number of rotatable bonds is 4. The highest BCUT2D eigenvalue weighted by atomic mass is 32.2. The van der Waals surface area contributed by atoms with Crippen molar-refractivity contribution in [3.05, 3.63) is 54.1 Å². The maximum atomic E-state index is 13.9. The molecule has 3 rings (SSSR count). The smallest absolute Gasteiger partial charge is 0.410 e. The van der Waals surface area contributed by atoms with Gasteiger partial charge in [0.1, 0.15) is 17.2 Å². The Morgan fingerprint density at radius 3 is 2.30 bits per heavy atom. The first kappa shape index (κ1) is 22.4. The van der Waals surface area contributed by atoms with Crippen molar-refractivity contribution in [3.8, 4) is 11.1 Å². The van der Waals surface area contributed by atoms with Crippen LogP contribution in [0.25, 0.3) is 11.1 Å². The van der Waals surface area contributed by atoms with E-state index in [9.17, 15) is 17.8 Å². The van der Waals surface area contributed by atoms with E-state index in [1.165, 1.54) is 12.1 Å².